The fourth-order valence-electron chi connectivity index (χ4n) is 3.47. The number of sulfonamides is 1. The average Bonchev–Trinajstić information content (AvgIpc) is 3.38. The van der Waals surface area contributed by atoms with Crippen LogP contribution in [0.15, 0.2) is 39.3 Å². The quantitative estimate of drug-likeness (QED) is 0.419. The van der Waals surface area contributed by atoms with Crippen molar-refractivity contribution >= 4 is 21.9 Å². The standard InChI is InChI=1S/C22H23F3N4O6S/c1-13-19(20(30)28-36(2,31)32)26-21(33-13)29(12-17-11-18(27-35-17)15-5-6-15)10-9-14-3-7-16(8-4-14)34-22(23,24)25/h3-4,7-8,11,15H,5-6,9-10,12H2,1-2H3,(H,28,30). The van der Waals surface area contributed by atoms with Crippen molar-refractivity contribution in [1.29, 1.82) is 0 Å². The van der Waals surface area contributed by atoms with E-state index in [4.69, 9.17) is 8.94 Å². The summed E-state index contributed by atoms with van der Waals surface area (Å²) in [5.74, 6) is -0.239. The second-order valence-electron chi connectivity index (χ2n) is 8.46. The maximum absolute atomic E-state index is 12.4. The number of alkyl halides is 3. The van der Waals surface area contributed by atoms with Crippen LogP contribution in [0.25, 0.3) is 0 Å². The fourth-order valence-corrected chi connectivity index (χ4v) is 3.91. The lowest BCUT2D eigenvalue weighted by molar-refractivity contribution is -0.274. The van der Waals surface area contributed by atoms with E-state index >= 15 is 0 Å². The molecule has 0 atom stereocenters. The van der Waals surface area contributed by atoms with Crippen molar-refractivity contribution in [2.75, 3.05) is 17.7 Å². The first-order valence-corrected chi connectivity index (χ1v) is 12.8. The molecule has 1 aromatic carbocycles. The number of carbonyl (C=O) groups is 1. The molecule has 1 N–H and O–H groups in total. The van der Waals surface area contributed by atoms with E-state index in [0.29, 0.717) is 23.7 Å². The second kappa shape index (κ2) is 9.84. The summed E-state index contributed by atoms with van der Waals surface area (Å²) in [5, 5.41) is 4.08. The monoisotopic (exact) mass is 528 g/mol. The predicted octanol–water partition coefficient (Wildman–Crippen LogP) is 3.69. The minimum Gasteiger partial charge on any atom is -0.428 e. The number of nitrogens with zero attached hydrogens (tertiary/aromatic N) is 3. The highest BCUT2D eigenvalue weighted by Gasteiger charge is 2.31. The van der Waals surface area contributed by atoms with Crippen LogP contribution in [0.5, 0.6) is 5.75 Å². The molecule has 0 bridgehead atoms. The van der Waals surface area contributed by atoms with E-state index in [1.165, 1.54) is 31.2 Å². The average molecular weight is 529 g/mol. The first-order valence-electron chi connectivity index (χ1n) is 10.9. The van der Waals surface area contributed by atoms with Gasteiger partial charge in [0.2, 0.25) is 10.0 Å². The molecule has 194 valence electrons. The maximum atomic E-state index is 12.4. The predicted molar refractivity (Wildman–Crippen MR) is 120 cm³/mol. The van der Waals surface area contributed by atoms with Crippen molar-refractivity contribution in [2.45, 2.75) is 45.0 Å². The van der Waals surface area contributed by atoms with Gasteiger partial charge in [0.25, 0.3) is 11.9 Å². The summed E-state index contributed by atoms with van der Waals surface area (Å²) in [6.45, 7) is 1.94. The lowest BCUT2D eigenvalue weighted by Gasteiger charge is -2.19. The molecule has 1 aliphatic carbocycles. The van der Waals surface area contributed by atoms with E-state index in [9.17, 15) is 26.4 Å². The Balaban J connectivity index is 1.52. The molecule has 4 rings (SSSR count). The molecule has 1 fully saturated rings. The van der Waals surface area contributed by atoms with Gasteiger partial charge in [-0.1, -0.05) is 17.3 Å². The summed E-state index contributed by atoms with van der Waals surface area (Å²) in [4.78, 5) is 18.2. The number of ether oxygens (including phenoxy) is 1. The Morgan fingerprint density at radius 1 is 1.25 bits per heavy atom. The van der Waals surface area contributed by atoms with Crippen LogP contribution in [0.1, 0.15) is 52.0 Å². The molecule has 36 heavy (non-hydrogen) atoms. The molecule has 0 saturated heterocycles. The number of aromatic nitrogens is 2. The Bertz CT molecular complexity index is 1330. The van der Waals surface area contributed by atoms with Crippen molar-refractivity contribution in [2.24, 2.45) is 0 Å². The third kappa shape index (κ3) is 6.99. The van der Waals surface area contributed by atoms with Crippen molar-refractivity contribution < 1.29 is 40.1 Å². The molecule has 0 spiro atoms. The highest BCUT2D eigenvalue weighted by Crippen LogP contribution is 2.39. The van der Waals surface area contributed by atoms with Gasteiger partial charge in [-0.05, 0) is 43.9 Å². The Morgan fingerprint density at radius 2 is 1.94 bits per heavy atom. The van der Waals surface area contributed by atoms with Gasteiger partial charge in [0.1, 0.15) is 11.5 Å². The minimum atomic E-state index is -4.78. The number of aryl methyl sites for hydroxylation is 1. The van der Waals surface area contributed by atoms with Crippen LogP contribution in [0.4, 0.5) is 19.2 Å². The summed E-state index contributed by atoms with van der Waals surface area (Å²) in [5.41, 5.74) is 1.37. The Morgan fingerprint density at radius 3 is 2.56 bits per heavy atom. The number of amides is 1. The Kier molecular flexibility index (Phi) is 6.98. The van der Waals surface area contributed by atoms with Gasteiger partial charge >= 0.3 is 6.36 Å². The molecule has 1 amide bonds. The zero-order valence-electron chi connectivity index (χ0n) is 19.3. The van der Waals surface area contributed by atoms with Gasteiger partial charge in [-0.2, -0.15) is 4.98 Å². The normalized spacial score (nSPS) is 14.0. The van der Waals surface area contributed by atoms with Crippen LogP contribution < -0.4 is 14.4 Å². The molecule has 0 radical (unpaired) electrons. The lowest BCUT2D eigenvalue weighted by atomic mass is 10.1. The first kappa shape index (κ1) is 25.5. The SMILES string of the molecule is Cc1oc(N(CCc2ccc(OC(F)(F)F)cc2)Cc2cc(C3CC3)no2)nc1C(=O)NS(C)(=O)=O. The maximum Gasteiger partial charge on any atom is 0.573 e. The van der Waals surface area contributed by atoms with Crippen LogP contribution in [0, 0.1) is 6.92 Å². The molecule has 14 heteroatoms. The van der Waals surface area contributed by atoms with Gasteiger partial charge in [0.15, 0.2) is 11.5 Å². The first-order chi connectivity index (χ1) is 16.9. The number of anilines is 1. The highest BCUT2D eigenvalue weighted by atomic mass is 32.2. The van der Waals surface area contributed by atoms with Gasteiger partial charge in [-0.15, -0.1) is 13.2 Å². The second-order valence-corrected chi connectivity index (χ2v) is 10.2. The van der Waals surface area contributed by atoms with E-state index in [1.54, 1.807) is 4.90 Å². The van der Waals surface area contributed by atoms with Gasteiger partial charge in [0, 0.05) is 18.5 Å². The van der Waals surface area contributed by atoms with Crippen LogP contribution in [-0.2, 0) is 23.0 Å². The smallest absolute Gasteiger partial charge is 0.428 e. The molecule has 1 saturated carbocycles. The number of nitrogens with one attached hydrogen (secondary N) is 1. The largest absolute Gasteiger partial charge is 0.573 e. The van der Waals surface area contributed by atoms with Crippen molar-refractivity contribution in [1.82, 2.24) is 14.9 Å². The van der Waals surface area contributed by atoms with Crippen LogP contribution in [0.3, 0.4) is 0 Å². The van der Waals surface area contributed by atoms with Gasteiger partial charge < -0.3 is 18.6 Å². The Hall–Kier alpha value is -3.55. The van der Waals surface area contributed by atoms with Crippen molar-refractivity contribution in [3.8, 4) is 5.75 Å². The summed E-state index contributed by atoms with van der Waals surface area (Å²) < 4.78 is 76.9. The molecular formula is C22H23F3N4O6S. The number of hydrogen-bond acceptors (Lipinski definition) is 9. The number of halogens is 3. The molecule has 2 aromatic heterocycles. The van der Waals surface area contributed by atoms with Gasteiger partial charge in [0.05, 0.1) is 18.5 Å². The molecule has 3 aromatic rings. The van der Waals surface area contributed by atoms with E-state index in [0.717, 1.165) is 24.8 Å². The number of oxazole rings is 1. The van der Waals surface area contributed by atoms with Crippen molar-refractivity contribution in [3.63, 3.8) is 0 Å². The van der Waals surface area contributed by atoms with E-state index in [-0.39, 0.29) is 36.3 Å². The number of hydrogen-bond donors (Lipinski definition) is 1. The summed E-state index contributed by atoms with van der Waals surface area (Å²) >= 11 is 0. The minimum absolute atomic E-state index is 0.0487. The van der Waals surface area contributed by atoms with E-state index in [1.807, 2.05) is 10.8 Å². The summed E-state index contributed by atoms with van der Waals surface area (Å²) in [6.07, 6.45) is -1.47. The molecular weight excluding hydrogens is 505 g/mol. The summed E-state index contributed by atoms with van der Waals surface area (Å²) in [6, 6.07) is 7.33. The lowest BCUT2D eigenvalue weighted by Crippen LogP contribution is -2.30. The molecule has 1 aliphatic rings. The summed E-state index contributed by atoms with van der Waals surface area (Å²) in [7, 11) is -3.81. The van der Waals surface area contributed by atoms with E-state index < -0.39 is 22.3 Å². The highest BCUT2D eigenvalue weighted by molar-refractivity contribution is 7.89. The third-order valence-corrected chi connectivity index (χ3v) is 5.85. The number of benzene rings is 1. The fraction of sp³-hybridized carbons (Fsp3) is 0.409. The van der Waals surface area contributed by atoms with E-state index in [2.05, 4.69) is 14.9 Å². The number of rotatable bonds is 10. The molecule has 2 heterocycles. The zero-order chi connectivity index (χ0) is 26.1. The van der Waals surface area contributed by atoms with Gasteiger partial charge in [-0.25, -0.2) is 13.1 Å². The van der Waals surface area contributed by atoms with Crippen LogP contribution >= 0.6 is 0 Å². The van der Waals surface area contributed by atoms with Gasteiger partial charge in [-0.3, -0.25) is 4.79 Å². The molecule has 0 unspecified atom stereocenters. The number of carbonyl (C=O) groups excluding carboxylic acids is 1. The van der Waals surface area contributed by atoms with Crippen LogP contribution in [0.2, 0.25) is 0 Å². The van der Waals surface area contributed by atoms with Crippen LogP contribution in [-0.4, -0.2) is 43.6 Å². The van der Waals surface area contributed by atoms with Crippen molar-refractivity contribution in [3.05, 3.63) is 58.8 Å². The zero-order valence-corrected chi connectivity index (χ0v) is 20.1. The topological polar surface area (TPSA) is 128 Å². The molecule has 10 nitrogen and oxygen atoms in total. The Labute approximate surface area is 204 Å². The third-order valence-electron chi connectivity index (χ3n) is 5.30. The molecule has 0 aliphatic heterocycles.